The van der Waals surface area contributed by atoms with Crippen molar-refractivity contribution in [2.75, 3.05) is 13.2 Å². The third-order valence-electron chi connectivity index (χ3n) is 3.84. The lowest BCUT2D eigenvalue weighted by atomic mass is 9.92. The van der Waals surface area contributed by atoms with E-state index in [9.17, 15) is 10.2 Å². The molecule has 18 heavy (non-hydrogen) atoms. The van der Waals surface area contributed by atoms with Crippen LogP contribution in [0.15, 0.2) is 0 Å². The number of aliphatic hydroxyl groups is 3. The van der Waals surface area contributed by atoms with Gasteiger partial charge < -0.3 is 24.8 Å². The molecular weight excluding hydrogens is 236 g/mol. The Morgan fingerprint density at radius 1 is 1.17 bits per heavy atom. The van der Waals surface area contributed by atoms with E-state index < -0.39 is 24.6 Å². The zero-order valence-electron chi connectivity index (χ0n) is 11.5. The van der Waals surface area contributed by atoms with Crippen molar-refractivity contribution in [3.8, 4) is 0 Å². The Balaban J connectivity index is 2.53. The number of hydrogen-bond donors (Lipinski definition) is 3. The van der Waals surface area contributed by atoms with Gasteiger partial charge >= 0.3 is 0 Å². The van der Waals surface area contributed by atoms with Gasteiger partial charge in [0.25, 0.3) is 0 Å². The van der Waals surface area contributed by atoms with Gasteiger partial charge in [-0.1, -0.05) is 33.6 Å². The molecule has 5 heteroatoms. The summed E-state index contributed by atoms with van der Waals surface area (Å²) >= 11 is 0. The first-order valence-electron chi connectivity index (χ1n) is 6.79. The molecule has 0 aromatic carbocycles. The summed E-state index contributed by atoms with van der Waals surface area (Å²) in [6.45, 7) is 6.24. The lowest BCUT2D eigenvalue weighted by Gasteiger charge is -2.41. The van der Waals surface area contributed by atoms with E-state index in [2.05, 4.69) is 13.8 Å². The summed E-state index contributed by atoms with van der Waals surface area (Å²) in [7, 11) is 0. The highest BCUT2D eigenvalue weighted by Crippen LogP contribution is 2.27. The van der Waals surface area contributed by atoms with Gasteiger partial charge in [0.1, 0.15) is 12.2 Å². The van der Waals surface area contributed by atoms with Crippen molar-refractivity contribution in [2.24, 2.45) is 11.8 Å². The number of ether oxygens (including phenoxy) is 2. The van der Waals surface area contributed by atoms with Crippen LogP contribution < -0.4 is 0 Å². The molecule has 0 unspecified atom stereocenters. The van der Waals surface area contributed by atoms with E-state index in [1.807, 2.05) is 0 Å². The molecule has 1 fully saturated rings. The second-order valence-electron chi connectivity index (χ2n) is 5.08. The van der Waals surface area contributed by atoms with Crippen LogP contribution in [0, 0.1) is 11.8 Å². The van der Waals surface area contributed by atoms with Crippen LogP contribution in [0.4, 0.5) is 0 Å². The molecule has 0 aliphatic carbocycles. The summed E-state index contributed by atoms with van der Waals surface area (Å²) in [5, 5.41) is 28.7. The van der Waals surface area contributed by atoms with Crippen molar-refractivity contribution in [3.05, 3.63) is 0 Å². The predicted octanol–water partition coefficient (Wildman–Crippen LogP) is 0.514. The molecule has 1 aliphatic heterocycles. The molecular formula is C13H26O5. The average Bonchev–Trinajstić information content (AvgIpc) is 2.39. The van der Waals surface area contributed by atoms with Crippen LogP contribution in [0.2, 0.25) is 0 Å². The number of rotatable bonds is 6. The van der Waals surface area contributed by atoms with Gasteiger partial charge in [0.15, 0.2) is 6.29 Å². The minimum atomic E-state index is -1.06. The molecule has 0 bridgehead atoms. The second-order valence-corrected chi connectivity index (χ2v) is 5.08. The van der Waals surface area contributed by atoms with E-state index in [-0.39, 0.29) is 12.5 Å². The second kappa shape index (κ2) is 7.40. The number of aliphatic hydroxyl groups excluding tert-OH is 3. The van der Waals surface area contributed by atoms with Gasteiger partial charge in [0.2, 0.25) is 0 Å². The van der Waals surface area contributed by atoms with Crippen LogP contribution in [0.1, 0.15) is 33.6 Å². The van der Waals surface area contributed by atoms with Crippen molar-refractivity contribution in [2.45, 2.75) is 58.2 Å². The third kappa shape index (κ3) is 3.65. The van der Waals surface area contributed by atoms with Crippen LogP contribution in [0.3, 0.4) is 0 Å². The van der Waals surface area contributed by atoms with E-state index in [4.69, 9.17) is 14.6 Å². The number of hydrogen-bond acceptors (Lipinski definition) is 5. The fourth-order valence-corrected chi connectivity index (χ4v) is 2.17. The molecule has 0 spiro atoms. The summed E-state index contributed by atoms with van der Waals surface area (Å²) in [4.78, 5) is 0. The molecule has 1 rings (SSSR count). The van der Waals surface area contributed by atoms with Crippen LogP contribution in [0.25, 0.3) is 0 Å². The highest BCUT2D eigenvalue weighted by atomic mass is 16.7. The summed E-state index contributed by atoms with van der Waals surface area (Å²) in [6, 6.07) is 0. The molecule has 108 valence electrons. The molecule has 1 saturated heterocycles. The normalized spacial score (nSPS) is 37.2. The van der Waals surface area contributed by atoms with Crippen molar-refractivity contribution in [3.63, 3.8) is 0 Å². The molecule has 3 N–H and O–H groups in total. The summed E-state index contributed by atoms with van der Waals surface area (Å²) in [5.41, 5.74) is 0. The molecule has 1 aliphatic rings. The zero-order valence-corrected chi connectivity index (χ0v) is 11.5. The van der Waals surface area contributed by atoms with Gasteiger partial charge in [-0.3, -0.25) is 0 Å². The molecule has 0 saturated carbocycles. The van der Waals surface area contributed by atoms with Crippen molar-refractivity contribution < 1.29 is 24.8 Å². The maximum absolute atomic E-state index is 9.88. The first kappa shape index (κ1) is 15.9. The minimum Gasteiger partial charge on any atom is -0.394 e. The molecule has 0 radical (unpaired) electrons. The van der Waals surface area contributed by atoms with Crippen LogP contribution in [0.5, 0.6) is 0 Å². The minimum absolute atomic E-state index is 0.308. The van der Waals surface area contributed by atoms with E-state index in [1.54, 1.807) is 6.92 Å². The van der Waals surface area contributed by atoms with E-state index in [0.29, 0.717) is 12.5 Å². The summed E-state index contributed by atoms with van der Waals surface area (Å²) in [5.74, 6) is 0.162. The molecule has 0 aromatic rings. The van der Waals surface area contributed by atoms with Crippen molar-refractivity contribution in [1.29, 1.82) is 0 Å². The highest BCUT2D eigenvalue weighted by Gasteiger charge is 2.42. The lowest BCUT2D eigenvalue weighted by molar-refractivity contribution is -0.284. The fourth-order valence-electron chi connectivity index (χ4n) is 2.17. The summed E-state index contributed by atoms with van der Waals surface area (Å²) < 4.78 is 11.2. The smallest absolute Gasteiger partial charge is 0.163 e. The monoisotopic (exact) mass is 262 g/mol. The summed E-state index contributed by atoms with van der Waals surface area (Å²) in [6.07, 6.45) is -1.26. The van der Waals surface area contributed by atoms with Gasteiger partial charge in [-0.2, -0.15) is 0 Å². The Kier molecular flexibility index (Phi) is 6.52. The van der Waals surface area contributed by atoms with Crippen LogP contribution in [-0.2, 0) is 9.47 Å². The Bertz CT molecular complexity index is 229. The van der Waals surface area contributed by atoms with E-state index >= 15 is 0 Å². The Labute approximate surface area is 109 Å². The maximum atomic E-state index is 9.88. The SMILES string of the molecule is CCC(CC)CO[C@@H]1O[C@@H](CO)[C@@H](O)[C@@H](O)[C@@H]1C. The van der Waals surface area contributed by atoms with Gasteiger partial charge in [-0.05, 0) is 5.92 Å². The standard InChI is InChI=1S/C13H26O5/c1-4-9(5-2)7-17-13-8(3)11(15)12(16)10(6-14)18-13/h8-16H,4-7H2,1-3H3/t8-,10-,11-,12+,13+/m0/s1. The Hall–Kier alpha value is -0.200. The molecule has 0 amide bonds. The molecule has 5 atom stereocenters. The largest absolute Gasteiger partial charge is 0.394 e. The highest BCUT2D eigenvalue weighted by molar-refractivity contribution is 4.86. The topological polar surface area (TPSA) is 79.2 Å². The van der Waals surface area contributed by atoms with Crippen LogP contribution in [-0.4, -0.2) is 53.1 Å². The first-order chi connectivity index (χ1) is 8.54. The first-order valence-corrected chi connectivity index (χ1v) is 6.79. The predicted molar refractivity (Wildman–Crippen MR) is 66.9 cm³/mol. The van der Waals surface area contributed by atoms with Gasteiger partial charge in [0.05, 0.1) is 19.3 Å². The molecule has 1 heterocycles. The van der Waals surface area contributed by atoms with Crippen molar-refractivity contribution >= 4 is 0 Å². The van der Waals surface area contributed by atoms with E-state index in [1.165, 1.54) is 0 Å². The van der Waals surface area contributed by atoms with Gasteiger partial charge in [-0.25, -0.2) is 0 Å². The lowest BCUT2D eigenvalue weighted by Crippen LogP contribution is -2.55. The molecule has 5 nitrogen and oxygen atoms in total. The van der Waals surface area contributed by atoms with E-state index in [0.717, 1.165) is 12.8 Å². The third-order valence-corrected chi connectivity index (χ3v) is 3.84. The van der Waals surface area contributed by atoms with Gasteiger partial charge in [-0.15, -0.1) is 0 Å². The average molecular weight is 262 g/mol. The van der Waals surface area contributed by atoms with Crippen molar-refractivity contribution in [1.82, 2.24) is 0 Å². The fraction of sp³-hybridized carbons (Fsp3) is 1.00. The van der Waals surface area contributed by atoms with Gasteiger partial charge in [0, 0.05) is 5.92 Å². The zero-order chi connectivity index (χ0) is 13.7. The van der Waals surface area contributed by atoms with Crippen LogP contribution >= 0.6 is 0 Å². The quantitative estimate of drug-likeness (QED) is 0.650. The maximum Gasteiger partial charge on any atom is 0.163 e. The Morgan fingerprint density at radius 2 is 1.78 bits per heavy atom. The Morgan fingerprint density at radius 3 is 2.28 bits per heavy atom. The molecule has 0 aromatic heterocycles.